The molecule has 1 rings (SSSR count). The summed E-state index contributed by atoms with van der Waals surface area (Å²) in [6.07, 6.45) is 5.58. The second-order valence-electron chi connectivity index (χ2n) is 3.99. The van der Waals surface area contributed by atoms with Gasteiger partial charge in [0.1, 0.15) is 0 Å². The maximum atomic E-state index is 3.64. The molecule has 0 aromatic carbocycles. The molecule has 0 saturated carbocycles. The molecule has 0 aliphatic carbocycles. The Labute approximate surface area is 82.7 Å². The maximum Gasteiger partial charge on any atom is 0.0195 e. The lowest BCUT2D eigenvalue weighted by atomic mass is 10.1. The minimum absolute atomic E-state index is 0.752. The zero-order valence-electron chi connectivity index (χ0n) is 9.18. The molecule has 1 aliphatic rings. The molecule has 2 nitrogen and oxygen atoms in total. The Hall–Kier alpha value is -0.0800. The third-order valence-corrected chi connectivity index (χ3v) is 3.04. The predicted molar refractivity (Wildman–Crippen MR) is 58.0 cm³/mol. The SMILES string of the molecule is CCN(CC)C[C@@H]1CCCCCN1. The van der Waals surface area contributed by atoms with Crippen molar-refractivity contribution in [3.63, 3.8) is 0 Å². The molecule has 0 unspecified atom stereocenters. The maximum absolute atomic E-state index is 3.64. The molecule has 2 heteroatoms. The Kier molecular flexibility index (Phi) is 5.40. The van der Waals surface area contributed by atoms with E-state index in [0.717, 1.165) is 6.04 Å². The van der Waals surface area contributed by atoms with Gasteiger partial charge in [-0.1, -0.05) is 26.7 Å². The molecule has 1 aliphatic heterocycles. The Morgan fingerprint density at radius 3 is 2.62 bits per heavy atom. The second kappa shape index (κ2) is 6.39. The molecule has 1 atom stereocenters. The number of likely N-dealkylation sites (N-methyl/N-ethyl adjacent to an activating group) is 1. The van der Waals surface area contributed by atoms with E-state index in [1.807, 2.05) is 0 Å². The van der Waals surface area contributed by atoms with E-state index in [2.05, 4.69) is 24.1 Å². The van der Waals surface area contributed by atoms with E-state index in [9.17, 15) is 0 Å². The lowest BCUT2D eigenvalue weighted by Crippen LogP contribution is -2.40. The Morgan fingerprint density at radius 2 is 1.92 bits per heavy atom. The van der Waals surface area contributed by atoms with Crippen molar-refractivity contribution < 1.29 is 0 Å². The fourth-order valence-electron chi connectivity index (χ4n) is 2.05. The van der Waals surface area contributed by atoms with E-state index < -0.39 is 0 Å². The molecule has 0 radical (unpaired) electrons. The van der Waals surface area contributed by atoms with Crippen LogP contribution >= 0.6 is 0 Å². The zero-order valence-corrected chi connectivity index (χ0v) is 9.18. The third kappa shape index (κ3) is 4.10. The summed E-state index contributed by atoms with van der Waals surface area (Å²) >= 11 is 0. The lowest BCUT2D eigenvalue weighted by Gasteiger charge is -2.24. The fraction of sp³-hybridized carbons (Fsp3) is 1.00. The van der Waals surface area contributed by atoms with Gasteiger partial charge in [-0.15, -0.1) is 0 Å². The number of rotatable bonds is 4. The standard InChI is InChI=1S/C11H24N2/c1-3-13(4-2)10-11-8-6-5-7-9-12-11/h11-12H,3-10H2,1-2H3/t11-/m0/s1. The van der Waals surface area contributed by atoms with Gasteiger partial charge in [0, 0.05) is 12.6 Å². The van der Waals surface area contributed by atoms with Crippen LogP contribution in [0.15, 0.2) is 0 Å². The molecule has 0 aromatic rings. The number of nitrogens with zero attached hydrogens (tertiary/aromatic N) is 1. The number of nitrogens with one attached hydrogen (secondary N) is 1. The molecule has 1 heterocycles. The summed E-state index contributed by atoms with van der Waals surface area (Å²) in [6.45, 7) is 9.35. The molecule has 1 fully saturated rings. The summed E-state index contributed by atoms with van der Waals surface area (Å²) in [5, 5.41) is 3.64. The predicted octanol–water partition coefficient (Wildman–Crippen LogP) is 1.86. The van der Waals surface area contributed by atoms with E-state index in [1.54, 1.807) is 0 Å². The summed E-state index contributed by atoms with van der Waals surface area (Å²) in [7, 11) is 0. The van der Waals surface area contributed by atoms with Gasteiger partial charge < -0.3 is 10.2 Å². The van der Waals surface area contributed by atoms with Gasteiger partial charge in [0.05, 0.1) is 0 Å². The van der Waals surface area contributed by atoms with Crippen LogP contribution in [-0.2, 0) is 0 Å². The molecule has 0 bridgehead atoms. The van der Waals surface area contributed by atoms with Gasteiger partial charge in [0.25, 0.3) is 0 Å². The van der Waals surface area contributed by atoms with E-state index in [1.165, 1.54) is 51.9 Å². The molecule has 1 N–H and O–H groups in total. The van der Waals surface area contributed by atoms with Crippen molar-refractivity contribution >= 4 is 0 Å². The van der Waals surface area contributed by atoms with Crippen LogP contribution in [0.25, 0.3) is 0 Å². The number of hydrogen-bond donors (Lipinski definition) is 1. The summed E-state index contributed by atoms with van der Waals surface area (Å²) in [4.78, 5) is 2.52. The minimum atomic E-state index is 0.752. The van der Waals surface area contributed by atoms with Crippen LogP contribution in [-0.4, -0.2) is 37.1 Å². The molecular weight excluding hydrogens is 160 g/mol. The minimum Gasteiger partial charge on any atom is -0.313 e. The molecule has 78 valence electrons. The fourth-order valence-corrected chi connectivity index (χ4v) is 2.05. The van der Waals surface area contributed by atoms with Gasteiger partial charge in [-0.05, 0) is 32.5 Å². The molecule has 13 heavy (non-hydrogen) atoms. The van der Waals surface area contributed by atoms with Crippen molar-refractivity contribution in [1.82, 2.24) is 10.2 Å². The third-order valence-electron chi connectivity index (χ3n) is 3.04. The van der Waals surface area contributed by atoms with Crippen LogP contribution in [0, 0.1) is 0 Å². The highest BCUT2D eigenvalue weighted by Gasteiger charge is 2.13. The Balaban J connectivity index is 2.24. The van der Waals surface area contributed by atoms with Crippen LogP contribution < -0.4 is 5.32 Å². The normalized spacial score (nSPS) is 24.7. The Morgan fingerprint density at radius 1 is 1.15 bits per heavy atom. The Bertz CT molecular complexity index is 113. The second-order valence-corrected chi connectivity index (χ2v) is 3.99. The van der Waals surface area contributed by atoms with Crippen LogP contribution in [0.4, 0.5) is 0 Å². The first-order valence-corrected chi connectivity index (χ1v) is 5.82. The van der Waals surface area contributed by atoms with E-state index >= 15 is 0 Å². The molecule has 1 saturated heterocycles. The van der Waals surface area contributed by atoms with Gasteiger partial charge in [0.2, 0.25) is 0 Å². The highest BCUT2D eigenvalue weighted by Crippen LogP contribution is 2.09. The molecular formula is C11H24N2. The van der Waals surface area contributed by atoms with E-state index in [-0.39, 0.29) is 0 Å². The van der Waals surface area contributed by atoms with Gasteiger partial charge >= 0.3 is 0 Å². The van der Waals surface area contributed by atoms with Crippen molar-refractivity contribution in [2.75, 3.05) is 26.2 Å². The quantitative estimate of drug-likeness (QED) is 0.717. The van der Waals surface area contributed by atoms with Crippen molar-refractivity contribution in [2.24, 2.45) is 0 Å². The first kappa shape index (κ1) is 11.0. The lowest BCUT2D eigenvalue weighted by molar-refractivity contribution is 0.261. The summed E-state index contributed by atoms with van der Waals surface area (Å²) in [5.41, 5.74) is 0. The van der Waals surface area contributed by atoms with Crippen molar-refractivity contribution in [3.8, 4) is 0 Å². The molecule has 0 spiro atoms. The van der Waals surface area contributed by atoms with Gasteiger partial charge in [-0.25, -0.2) is 0 Å². The monoisotopic (exact) mass is 184 g/mol. The van der Waals surface area contributed by atoms with E-state index in [4.69, 9.17) is 0 Å². The van der Waals surface area contributed by atoms with Crippen molar-refractivity contribution in [2.45, 2.75) is 45.6 Å². The van der Waals surface area contributed by atoms with Crippen molar-refractivity contribution in [1.29, 1.82) is 0 Å². The average Bonchev–Trinajstić information content (AvgIpc) is 2.42. The topological polar surface area (TPSA) is 15.3 Å². The summed E-state index contributed by atoms with van der Waals surface area (Å²) < 4.78 is 0. The first-order valence-electron chi connectivity index (χ1n) is 5.82. The number of hydrogen-bond acceptors (Lipinski definition) is 2. The highest BCUT2D eigenvalue weighted by molar-refractivity contribution is 4.74. The summed E-state index contributed by atoms with van der Waals surface area (Å²) in [5.74, 6) is 0. The van der Waals surface area contributed by atoms with Gasteiger partial charge in [-0.3, -0.25) is 0 Å². The largest absolute Gasteiger partial charge is 0.313 e. The first-order chi connectivity index (χ1) is 6.36. The van der Waals surface area contributed by atoms with Crippen LogP contribution in [0.5, 0.6) is 0 Å². The molecule has 0 aromatic heterocycles. The van der Waals surface area contributed by atoms with Crippen LogP contribution in [0.3, 0.4) is 0 Å². The molecule has 0 amide bonds. The van der Waals surface area contributed by atoms with Gasteiger partial charge in [0.15, 0.2) is 0 Å². The summed E-state index contributed by atoms with van der Waals surface area (Å²) in [6, 6.07) is 0.752. The average molecular weight is 184 g/mol. The smallest absolute Gasteiger partial charge is 0.0195 e. The van der Waals surface area contributed by atoms with Gasteiger partial charge in [-0.2, -0.15) is 0 Å². The van der Waals surface area contributed by atoms with Crippen molar-refractivity contribution in [3.05, 3.63) is 0 Å². The highest BCUT2D eigenvalue weighted by atomic mass is 15.1. The van der Waals surface area contributed by atoms with Crippen LogP contribution in [0.1, 0.15) is 39.5 Å². The zero-order chi connectivity index (χ0) is 9.52. The van der Waals surface area contributed by atoms with E-state index in [0.29, 0.717) is 0 Å². The van der Waals surface area contributed by atoms with Crippen LogP contribution in [0.2, 0.25) is 0 Å².